The molecule has 0 aliphatic rings. The van der Waals surface area contributed by atoms with Gasteiger partial charge in [0.15, 0.2) is 11.5 Å². The SMILES string of the molecule is COCCCNCc1cc(OC)c(OCc2ccc(Cl)cc2)cc1Br. The maximum absolute atomic E-state index is 5.91. The van der Waals surface area contributed by atoms with E-state index in [9.17, 15) is 0 Å². The van der Waals surface area contributed by atoms with E-state index in [2.05, 4.69) is 21.2 Å². The fraction of sp³-hybridized carbons (Fsp3) is 0.368. The van der Waals surface area contributed by atoms with Gasteiger partial charge in [0.2, 0.25) is 0 Å². The Labute approximate surface area is 162 Å². The molecule has 0 atom stereocenters. The average Bonchev–Trinajstić information content (AvgIpc) is 2.62. The minimum atomic E-state index is 0.453. The molecule has 0 saturated heterocycles. The lowest BCUT2D eigenvalue weighted by molar-refractivity contribution is 0.194. The van der Waals surface area contributed by atoms with Crippen LogP contribution in [0.15, 0.2) is 40.9 Å². The van der Waals surface area contributed by atoms with Crippen molar-refractivity contribution >= 4 is 27.5 Å². The van der Waals surface area contributed by atoms with Gasteiger partial charge in [0.25, 0.3) is 0 Å². The average molecular weight is 429 g/mol. The van der Waals surface area contributed by atoms with Crippen molar-refractivity contribution in [1.29, 1.82) is 0 Å². The molecule has 0 heterocycles. The molecule has 0 fully saturated rings. The lowest BCUT2D eigenvalue weighted by Crippen LogP contribution is -2.16. The molecular formula is C19H23BrClNO3. The third-order valence-electron chi connectivity index (χ3n) is 3.66. The van der Waals surface area contributed by atoms with Crippen LogP contribution in [0.1, 0.15) is 17.5 Å². The lowest BCUT2D eigenvalue weighted by Gasteiger charge is -2.14. The predicted molar refractivity (Wildman–Crippen MR) is 105 cm³/mol. The van der Waals surface area contributed by atoms with E-state index in [1.54, 1.807) is 14.2 Å². The van der Waals surface area contributed by atoms with Gasteiger partial charge in [-0.3, -0.25) is 0 Å². The maximum Gasteiger partial charge on any atom is 0.162 e. The molecule has 2 aromatic rings. The van der Waals surface area contributed by atoms with Crippen molar-refractivity contribution in [2.24, 2.45) is 0 Å². The highest BCUT2D eigenvalue weighted by molar-refractivity contribution is 9.10. The summed E-state index contributed by atoms with van der Waals surface area (Å²) in [4.78, 5) is 0. The summed E-state index contributed by atoms with van der Waals surface area (Å²) in [5.74, 6) is 1.42. The summed E-state index contributed by atoms with van der Waals surface area (Å²) < 4.78 is 17.4. The van der Waals surface area contributed by atoms with E-state index in [4.69, 9.17) is 25.8 Å². The first-order chi connectivity index (χ1) is 12.1. The number of methoxy groups -OCH3 is 2. The Morgan fingerprint density at radius 3 is 2.52 bits per heavy atom. The Balaban J connectivity index is 1.98. The van der Waals surface area contributed by atoms with Crippen LogP contribution in [0.4, 0.5) is 0 Å². The van der Waals surface area contributed by atoms with Crippen LogP contribution in [0.2, 0.25) is 5.02 Å². The van der Waals surface area contributed by atoms with Crippen LogP contribution in [0.5, 0.6) is 11.5 Å². The van der Waals surface area contributed by atoms with Crippen molar-refractivity contribution in [2.75, 3.05) is 27.4 Å². The van der Waals surface area contributed by atoms with Crippen LogP contribution in [-0.4, -0.2) is 27.4 Å². The largest absolute Gasteiger partial charge is 0.493 e. The summed E-state index contributed by atoms with van der Waals surface area (Å²) in [6, 6.07) is 11.5. The Morgan fingerprint density at radius 1 is 1.08 bits per heavy atom. The molecule has 0 aliphatic carbocycles. The van der Waals surface area contributed by atoms with Crippen LogP contribution in [-0.2, 0) is 17.9 Å². The maximum atomic E-state index is 5.91. The Hall–Kier alpha value is -1.27. The molecule has 0 radical (unpaired) electrons. The minimum absolute atomic E-state index is 0.453. The quantitative estimate of drug-likeness (QED) is 0.551. The number of benzene rings is 2. The predicted octanol–water partition coefficient (Wildman–Crippen LogP) is 4.82. The number of hydrogen-bond acceptors (Lipinski definition) is 4. The van der Waals surface area contributed by atoms with Gasteiger partial charge in [0.05, 0.1) is 7.11 Å². The van der Waals surface area contributed by atoms with Crippen molar-refractivity contribution in [3.63, 3.8) is 0 Å². The molecule has 4 nitrogen and oxygen atoms in total. The van der Waals surface area contributed by atoms with Crippen molar-refractivity contribution in [2.45, 2.75) is 19.6 Å². The molecule has 6 heteroatoms. The van der Waals surface area contributed by atoms with Gasteiger partial charge in [0.1, 0.15) is 6.61 Å². The summed E-state index contributed by atoms with van der Waals surface area (Å²) in [7, 11) is 3.36. The molecule has 1 N–H and O–H groups in total. The molecule has 0 bridgehead atoms. The van der Waals surface area contributed by atoms with Crippen LogP contribution >= 0.6 is 27.5 Å². The molecule has 0 spiro atoms. The van der Waals surface area contributed by atoms with E-state index in [0.29, 0.717) is 23.1 Å². The smallest absolute Gasteiger partial charge is 0.162 e. The van der Waals surface area contributed by atoms with E-state index in [-0.39, 0.29) is 0 Å². The number of halogens is 2. The van der Waals surface area contributed by atoms with Crippen LogP contribution in [0, 0.1) is 0 Å². The van der Waals surface area contributed by atoms with Gasteiger partial charge in [-0.15, -0.1) is 0 Å². The first-order valence-electron chi connectivity index (χ1n) is 8.07. The standard InChI is InChI=1S/C19H23BrClNO3/c1-23-9-3-8-22-12-15-10-18(24-2)19(11-17(15)20)25-13-14-4-6-16(21)7-5-14/h4-7,10-11,22H,3,8-9,12-13H2,1-2H3. The second kappa shape index (κ2) is 10.7. The zero-order chi connectivity index (χ0) is 18.1. The third-order valence-corrected chi connectivity index (χ3v) is 4.65. The highest BCUT2D eigenvalue weighted by Crippen LogP contribution is 2.34. The van der Waals surface area contributed by atoms with Crippen LogP contribution < -0.4 is 14.8 Å². The molecule has 136 valence electrons. The molecule has 25 heavy (non-hydrogen) atoms. The number of ether oxygens (including phenoxy) is 3. The summed E-state index contributed by atoms with van der Waals surface area (Å²) in [6.07, 6.45) is 0.980. The van der Waals surface area contributed by atoms with Gasteiger partial charge in [-0.25, -0.2) is 0 Å². The van der Waals surface area contributed by atoms with Gasteiger partial charge in [-0.1, -0.05) is 39.7 Å². The normalized spacial score (nSPS) is 10.7. The van der Waals surface area contributed by atoms with E-state index in [1.165, 1.54) is 0 Å². The summed E-state index contributed by atoms with van der Waals surface area (Å²) >= 11 is 9.52. The van der Waals surface area contributed by atoms with Crippen molar-refractivity contribution in [3.05, 3.63) is 57.0 Å². The zero-order valence-electron chi connectivity index (χ0n) is 14.5. The van der Waals surface area contributed by atoms with E-state index >= 15 is 0 Å². The number of hydrogen-bond donors (Lipinski definition) is 1. The second-order valence-electron chi connectivity index (χ2n) is 5.53. The van der Waals surface area contributed by atoms with Gasteiger partial charge in [0, 0.05) is 29.8 Å². The Morgan fingerprint density at radius 2 is 1.84 bits per heavy atom. The van der Waals surface area contributed by atoms with E-state index in [1.807, 2.05) is 36.4 Å². The van der Waals surface area contributed by atoms with Crippen molar-refractivity contribution < 1.29 is 14.2 Å². The highest BCUT2D eigenvalue weighted by atomic mass is 79.9. The monoisotopic (exact) mass is 427 g/mol. The summed E-state index contributed by atoms with van der Waals surface area (Å²) in [5.41, 5.74) is 2.17. The van der Waals surface area contributed by atoms with E-state index in [0.717, 1.165) is 41.7 Å². The first-order valence-corrected chi connectivity index (χ1v) is 9.24. The second-order valence-corrected chi connectivity index (χ2v) is 6.82. The summed E-state index contributed by atoms with van der Waals surface area (Å²) in [6.45, 7) is 2.86. The Bertz CT molecular complexity index is 664. The molecule has 2 rings (SSSR count). The topological polar surface area (TPSA) is 39.7 Å². The summed E-state index contributed by atoms with van der Waals surface area (Å²) in [5, 5.41) is 4.11. The van der Waals surface area contributed by atoms with Crippen LogP contribution in [0.25, 0.3) is 0 Å². The fourth-order valence-corrected chi connectivity index (χ4v) is 2.88. The number of rotatable bonds is 10. The van der Waals surface area contributed by atoms with Gasteiger partial charge in [-0.05, 0) is 48.4 Å². The van der Waals surface area contributed by atoms with Gasteiger partial charge >= 0.3 is 0 Å². The zero-order valence-corrected chi connectivity index (χ0v) is 16.8. The van der Waals surface area contributed by atoms with Crippen molar-refractivity contribution in [3.8, 4) is 11.5 Å². The van der Waals surface area contributed by atoms with Gasteiger partial charge in [-0.2, -0.15) is 0 Å². The fourth-order valence-electron chi connectivity index (χ4n) is 2.29. The van der Waals surface area contributed by atoms with Crippen molar-refractivity contribution in [1.82, 2.24) is 5.32 Å². The third kappa shape index (κ3) is 6.51. The molecule has 0 saturated carbocycles. The number of nitrogens with one attached hydrogen (secondary N) is 1. The molecule has 0 unspecified atom stereocenters. The molecule has 0 aromatic heterocycles. The molecular weight excluding hydrogens is 406 g/mol. The minimum Gasteiger partial charge on any atom is -0.493 e. The lowest BCUT2D eigenvalue weighted by atomic mass is 10.2. The molecule has 2 aromatic carbocycles. The van der Waals surface area contributed by atoms with E-state index < -0.39 is 0 Å². The highest BCUT2D eigenvalue weighted by Gasteiger charge is 2.10. The Kier molecular flexibility index (Phi) is 8.55. The molecule has 0 amide bonds. The van der Waals surface area contributed by atoms with Gasteiger partial charge < -0.3 is 19.5 Å². The molecule has 0 aliphatic heterocycles. The van der Waals surface area contributed by atoms with Crippen LogP contribution in [0.3, 0.4) is 0 Å². The first kappa shape index (κ1) is 20.0.